The lowest BCUT2D eigenvalue weighted by Crippen LogP contribution is -2.55. The molecular weight excluding hydrogens is 278 g/mol. The Morgan fingerprint density at radius 2 is 1.73 bits per heavy atom. The zero-order chi connectivity index (χ0) is 15.2. The molecule has 0 aliphatic carbocycles. The Hall–Kier alpha value is -1.26. The summed E-state index contributed by atoms with van der Waals surface area (Å²) in [5, 5.41) is 11.3. The Morgan fingerprint density at radius 1 is 1.05 bits per heavy atom. The Bertz CT molecular complexity index is 545. The summed E-state index contributed by atoms with van der Waals surface area (Å²) in [6.07, 6.45) is 6.22. The van der Waals surface area contributed by atoms with Crippen LogP contribution in [0.1, 0.15) is 44.1 Å². The molecule has 3 aliphatic heterocycles. The van der Waals surface area contributed by atoms with Gasteiger partial charge in [-0.2, -0.15) is 0 Å². The van der Waals surface area contributed by atoms with Gasteiger partial charge in [0.1, 0.15) is 0 Å². The minimum Gasteiger partial charge on any atom is -0.490 e. The van der Waals surface area contributed by atoms with Gasteiger partial charge in [0.05, 0.1) is 18.8 Å². The Labute approximate surface area is 132 Å². The minimum absolute atomic E-state index is 0.494. The maximum Gasteiger partial charge on any atom is 0.161 e. The number of ether oxygens (including phenoxy) is 2. The summed E-state index contributed by atoms with van der Waals surface area (Å²) in [7, 11) is 2.21. The Morgan fingerprint density at radius 3 is 2.45 bits per heavy atom. The number of benzene rings is 1. The molecule has 0 spiro atoms. The summed E-state index contributed by atoms with van der Waals surface area (Å²) in [5.41, 5.74) is 0.259. The van der Waals surface area contributed by atoms with E-state index in [1.807, 2.05) is 18.2 Å². The van der Waals surface area contributed by atoms with E-state index in [4.69, 9.17) is 9.47 Å². The van der Waals surface area contributed by atoms with Gasteiger partial charge in [0.25, 0.3) is 0 Å². The highest BCUT2D eigenvalue weighted by Crippen LogP contribution is 2.45. The van der Waals surface area contributed by atoms with Crippen molar-refractivity contribution in [1.82, 2.24) is 4.90 Å². The van der Waals surface area contributed by atoms with Crippen molar-refractivity contribution in [2.24, 2.45) is 0 Å². The van der Waals surface area contributed by atoms with Crippen LogP contribution in [0.25, 0.3) is 0 Å². The molecule has 120 valence electrons. The number of nitrogens with zero attached hydrogens (tertiary/aromatic N) is 1. The number of hydrogen-bond acceptors (Lipinski definition) is 4. The molecule has 4 rings (SSSR count). The van der Waals surface area contributed by atoms with E-state index < -0.39 is 5.60 Å². The molecule has 0 radical (unpaired) electrons. The SMILES string of the molecule is CN1C2CCCC1CC(O)(c1ccc3c(c1)OCCCO3)C2. The summed E-state index contributed by atoms with van der Waals surface area (Å²) in [4.78, 5) is 2.47. The van der Waals surface area contributed by atoms with E-state index in [0.717, 1.165) is 36.3 Å². The number of fused-ring (bicyclic) bond motifs is 3. The van der Waals surface area contributed by atoms with E-state index in [9.17, 15) is 5.11 Å². The number of aliphatic hydroxyl groups is 1. The Balaban J connectivity index is 1.65. The lowest BCUT2D eigenvalue weighted by molar-refractivity contribution is -0.0875. The molecule has 1 N–H and O–H groups in total. The van der Waals surface area contributed by atoms with Gasteiger partial charge in [-0.05, 0) is 50.4 Å². The summed E-state index contributed by atoms with van der Waals surface area (Å²) in [5.74, 6) is 1.59. The largest absolute Gasteiger partial charge is 0.490 e. The first-order valence-electron chi connectivity index (χ1n) is 8.50. The zero-order valence-electron chi connectivity index (χ0n) is 13.3. The molecule has 2 atom stereocenters. The van der Waals surface area contributed by atoms with Crippen LogP contribution in [-0.2, 0) is 5.60 Å². The van der Waals surface area contributed by atoms with Crippen LogP contribution in [0.15, 0.2) is 18.2 Å². The van der Waals surface area contributed by atoms with Crippen molar-refractivity contribution >= 4 is 0 Å². The summed E-state index contributed by atoms with van der Waals surface area (Å²) < 4.78 is 11.5. The molecule has 3 aliphatic rings. The minimum atomic E-state index is -0.729. The Kier molecular flexibility index (Phi) is 3.54. The smallest absolute Gasteiger partial charge is 0.161 e. The van der Waals surface area contributed by atoms with Gasteiger partial charge in [-0.15, -0.1) is 0 Å². The second kappa shape index (κ2) is 5.43. The summed E-state index contributed by atoms with van der Waals surface area (Å²) in [6.45, 7) is 1.38. The quantitative estimate of drug-likeness (QED) is 0.866. The third kappa shape index (κ3) is 2.38. The van der Waals surface area contributed by atoms with Crippen LogP contribution in [0.3, 0.4) is 0 Å². The first kappa shape index (κ1) is 14.3. The van der Waals surface area contributed by atoms with Gasteiger partial charge >= 0.3 is 0 Å². The van der Waals surface area contributed by atoms with E-state index in [1.54, 1.807) is 0 Å². The predicted molar refractivity (Wildman–Crippen MR) is 84.4 cm³/mol. The van der Waals surface area contributed by atoms with Gasteiger partial charge in [0, 0.05) is 18.5 Å². The molecule has 0 aromatic heterocycles. The molecule has 4 heteroatoms. The van der Waals surface area contributed by atoms with Crippen molar-refractivity contribution < 1.29 is 14.6 Å². The van der Waals surface area contributed by atoms with Gasteiger partial charge in [0.2, 0.25) is 0 Å². The molecule has 1 aromatic rings. The third-order valence-electron chi connectivity index (χ3n) is 5.66. The van der Waals surface area contributed by atoms with Crippen LogP contribution < -0.4 is 9.47 Å². The molecule has 2 saturated heterocycles. The molecule has 22 heavy (non-hydrogen) atoms. The summed E-state index contributed by atoms with van der Waals surface area (Å²) in [6, 6.07) is 6.97. The normalized spacial score (nSPS) is 35.0. The average Bonchev–Trinajstić information content (AvgIpc) is 2.73. The van der Waals surface area contributed by atoms with E-state index in [2.05, 4.69) is 11.9 Å². The van der Waals surface area contributed by atoms with Crippen molar-refractivity contribution in [3.8, 4) is 11.5 Å². The van der Waals surface area contributed by atoms with Gasteiger partial charge in [-0.3, -0.25) is 0 Å². The van der Waals surface area contributed by atoms with Gasteiger partial charge < -0.3 is 19.5 Å². The highest BCUT2D eigenvalue weighted by molar-refractivity contribution is 5.45. The maximum absolute atomic E-state index is 11.3. The second-order valence-corrected chi connectivity index (χ2v) is 7.06. The van der Waals surface area contributed by atoms with Crippen LogP contribution in [0.5, 0.6) is 11.5 Å². The number of hydrogen-bond donors (Lipinski definition) is 1. The number of rotatable bonds is 1. The van der Waals surface area contributed by atoms with Crippen LogP contribution in [-0.4, -0.2) is 42.4 Å². The van der Waals surface area contributed by atoms with Gasteiger partial charge in [0.15, 0.2) is 11.5 Å². The predicted octanol–water partition coefficient (Wildman–Crippen LogP) is 2.68. The molecule has 2 fully saturated rings. The maximum atomic E-state index is 11.3. The topological polar surface area (TPSA) is 41.9 Å². The second-order valence-electron chi connectivity index (χ2n) is 7.06. The van der Waals surface area contributed by atoms with Crippen LogP contribution in [0, 0.1) is 0 Å². The lowest BCUT2D eigenvalue weighted by atomic mass is 9.73. The summed E-state index contributed by atoms with van der Waals surface area (Å²) >= 11 is 0. The fourth-order valence-electron chi connectivity index (χ4n) is 4.34. The number of piperidine rings is 2. The van der Waals surface area contributed by atoms with E-state index in [0.29, 0.717) is 25.3 Å². The van der Waals surface area contributed by atoms with E-state index in [1.165, 1.54) is 19.3 Å². The highest BCUT2D eigenvalue weighted by Gasteiger charge is 2.45. The molecule has 0 saturated carbocycles. The third-order valence-corrected chi connectivity index (χ3v) is 5.66. The van der Waals surface area contributed by atoms with Crippen molar-refractivity contribution in [1.29, 1.82) is 0 Å². The molecule has 1 aromatic carbocycles. The van der Waals surface area contributed by atoms with Crippen molar-refractivity contribution in [2.75, 3.05) is 20.3 Å². The van der Waals surface area contributed by atoms with Crippen molar-refractivity contribution in [2.45, 2.75) is 56.2 Å². The van der Waals surface area contributed by atoms with Crippen LogP contribution >= 0.6 is 0 Å². The molecule has 4 nitrogen and oxygen atoms in total. The van der Waals surface area contributed by atoms with Crippen LogP contribution in [0.4, 0.5) is 0 Å². The van der Waals surface area contributed by atoms with Gasteiger partial charge in [-0.25, -0.2) is 0 Å². The first-order chi connectivity index (χ1) is 10.7. The van der Waals surface area contributed by atoms with Crippen molar-refractivity contribution in [3.63, 3.8) is 0 Å². The molecule has 2 unspecified atom stereocenters. The molecule has 3 heterocycles. The lowest BCUT2D eigenvalue weighted by Gasteiger charge is -2.50. The van der Waals surface area contributed by atoms with E-state index >= 15 is 0 Å². The average molecular weight is 303 g/mol. The molecular formula is C18H25NO3. The fraction of sp³-hybridized carbons (Fsp3) is 0.667. The van der Waals surface area contributed by atoms with Crippen molar-refractivity contribution in [3.05, 3.63) is 23.8 Å². The zero-order valence-corrected chi connectivity index (χ0v) is 13.3. The molecule has 0 amide bonds. The fourth-order valence-corrected chi connectivity index (χ4v) is 4.34. The molecule has 2 bridgehead atoms. The van der Waals surface area contributed by atoms with Crippen LogP contribution in [0.2, 0.25) is 0 Å². The van der Waals surface area contributed by atoms with E-state index in [-0.39, 0.29) is 0 Å². The standard InChI is InChI=1S/C18H25NO3/c1-19-14-4-2-5-15(19)12-18(20,11-14)13-6-7-16-17(10-13)22-9-3-8-21-16/h6-7,10,14-15,20H,2-5,8-9,11-12H2,1H3. The van der Waals surface area contributed by atoms with Gasteiger partial charge in [-0.1, -0.05) is 12.5 Å². The first-order valence-corrected chi connectivity index (χ1v) is 8.50. The monoisotopic (exact) mass is 303 g/mol. The highest BCUT2D eigenvalue weighted by atomic mass is 16.5.